The van der Waals surface area contributed by atoms with Crippen LogP contribution in [0.5, 0.6) is 5.88 Å². The first-order chi connectivity index (χ1) is 7.15. The third-order valence-corrected chi connectivity index (χ3v) is 3.00. The Morgan fingerprint density at radius 2 is 2.13 bits per heavy atom. The molecular weight excluding hydrogens is 196 g/mol. The summed E-state index contributed by atoms with van der Waals surface area (Å²) in [4.78, 5) is 25.1. The van der Waals surface area contributed by atoms with Gasteiger partial charge in [0.15, 0.2) is 0 Å². The molecule has 5 nitrogen and oxygen atoms in total. The summed E-state index contributed by atoms with van der Waals surface area (Å²) in [5.74, 6) is -0.157. The topological polar surface area (TPSA) is 75.1 Å². The van der Waals surface area contributed by atoms with Crippen LogP contribution in [0, 0.1) is 0 Å². The number of H-pyrrole nitrogens is 1. The Morgan fingerprint density at radius 1 is 1.47 bits per heavy atom. The highest BCUT2D eigenvalue weighted by molar-refractivity contribution is 5.23. The molecule has 0 radical (unpaired) electrons. The van der Waals surface area contributed by atoms with Gasteiger partial charge in [0, 0.05) is 6.04 Å². The van der Waals surface area contributed by atoms with Gasteiger partial charge in [-0.05, 0) is 25.7 Å². The number of nitrogens with zero attached hydrogens (tertiary/aromatic N) is 1. The van der Waals surface area contributed by atoms with Crippen LogP contribution in [-0.2, 0) is 6.42 Å². The van der Waals surface area contributed by atoms with Crippen LogP contribution in [0.15, 0.2) is 9.59 Å². The molecule has 1 aromatic heterocycles. The van der Waals surface area contributed by atoms with E-state index in [0.29, 0.717) is 12.0 Å². The number of hydrogen-bond donors (Lipinski definition) is 2. The third kappa shape index (κ3) is 1.48. The molecule has 1 heterocycles. The lowest BCUT2D eigenvalue weighted by molar-refractivity contribution is 0.264. The van der Waals surface area contributed by atoms with Crippen LogP contribution in [0.4, 0.5) is 0 Å². The van der Waals surface area contributed by atoms with Gasteiger partial charge in [-0.15, -0.1) is 0 Å². The molecule has 0 spiro atoms. The molecule has 0 amide bonds. The van der Waals surface area contributed by atoms with E-state index in [0.717, 1.165) is 19.3 Å². The van der Waals surface area contributed by atoms with Crippen molar-refractivity contribution in [2.24, 2.45) is 0 Å². The molecular formula is C10H14N2O3. The van der Waals surface area contributed by atoms with Gasteiger partial charge in [0.1, 0.15) is 0 Å². The molecule has 1 fully saturated rings. The van der Waals surface area contributed by atoms with Crippen molar-refractivity contribution in [3.8, 4) is 5.88 Å². The Bertz CT molecular complexity index is 482. The second-order valence-corrected chi connectivity index (χ2v) is 3.87. The molecule has 0 aliphatic heterocycles. The van der Waals surface area contributed by atoms with Gasteiger partial charge in [-0.3, -0.25) is 14.3 Å². The van der Waals surface area contributed by atoms with Crippen LogP contribution >= 0.6 is 0 Å². The molecule has 5 heteroatoms. The summed E-state index contributed by atoms with van der Waals surface area (Å²) in [6, 6.07) is 0.0552. The standard InChI is InChI=1S/C10H14N2O3/c1-2-7-8(13)11-10(15)12(9(7)14)6-4-3-5-6/h6,14H,2-5H2,1H3,(H,11,13,15). The highest BCUT2D eigenvalue weighted by atomic mass is 16.3. The zero-order valence-electron chi connectivity index (χ0n) is 8.62. The normalized spacial score (nSPS) is 16.3. The fourth-order valence-electron chi connectivity index (χ4n) is 1.88. The Labute approximate surface area is 86.4 Å². The zero-order valence-corrected chi connectivity index (χ0v) is 8.62. The van der Waals surface area contributed by atoms with Gasteiger partial charge in [-0.1, -0.05) is 6.92 Å². The van der Waals surface area contributed by atoms with Crippen molar-refractivity contribution < 1.29 is 5.11 Å². The van der Waals surface area contributed by atoms with E-state index < -0.39 is 11.2 Å². The first kappa shape index (κ1) is 10.0. The second kappa shape index (κ2) is 3.56. The van der Waals surface area contributed by atoms with E-state index >= 15 is 0 Å². The third-order valence-electron chi connectivity index (χ3n) is 3.00. The fourth-order valence-corrected chi connectivity index (χ4v) is 1.88. The number of nitrogens with one attached hydrogen (secondary N) is 1. The van der Waals surface area contributed by atoms with E-state index in [1.54, 1.807) is 6.92 Å². The molecule has 2 N–H and O–H groups in total. The smallest absolute Gasteiger partial charge is 0.331 e. The molecule has 0 bridgehead atoms. The van der Waals surface area contributed by atoms with Crippen molar-refractivity contribution >= 4 is 0 Å². The van der Waals surface area contributed by atoms with Gasteiger partial charge in [0.25, 0.3) is 5.56 Å². The predicted octanol–water partition coefficient (Wildman–Crippen LogP) is 0.530. The fraction of sp³-hybridized carbons (Fsp3) is 0.600. The first-order valence-corrected chi connectivity index (χ1v) is 5.21. The Balaban J connectivity index is 2.62. The minimum absolute atomic E-state index is 0.0552. The largest absolute Gasteiger partial charge is 0.494 e. The summed E-state index contributed by atoms with van der Waals surface area (Å²) in [7, 11) is 0. The maximum Gasteiger partial charge on any atom is 0.331 e. The molecule has 15 heavy (non-hydrogen) atoms. The lowest BCUT2D eigenvalue weighted by Gasteiger charge is -2.28. The van der Waals surface area contributed by atoms with Gasteiger partial charge < -0.3 is 5.11 Å². The molecule has 0 aromatic carbocycles. The Kier molecular flexibility index (Phi) is 2.38. The zero-order chi connectivity index (χ0) is 11.0. The summed E-state index contributed by atoms with van der Waals surface area (Å²) in [6.45, 7) is 1.78. The number of hydrogen-bond acceptors (Lipinski definition) is 3. The lowest BCUT2D eigenvalue weighted by atomic mass is 9.93. The number of aromatic amines is 1. The van der Waals surface area contributed by atoms with E-state index in [4.69, 9.17) is 0 Å². The molecule has 2 rings (SSSR count). The van der Waals surface area contributed by atoms with Crippen molar-refractivity contribution in [2.75, 3.05) is 0 Å². The summed E-state index contributed by atoms with van der Waals surface area (Å²) < 4.78 is 1.31. The van der Waals surface area contributed by atoms with Crippen LogP contribution in [-0.4, -0.2) is 14.7 Å². The van der Waals surface area contributed by atoms with Crippen molar-refractivity contribution in [3.63, 3.8) is 0 Å². The average Bonchev–Trinajstić information content (AvgIpc) is 2.09. The van der Waals surface area contributed by atoms with Gasteiger partial charge in [-0.2, -0.15) is 0 Å². The number of aromatic nitrogens is 2. The van der Waals surface area contributed by atoms with E-state index in [-0.39, 0.29) is 11.9 Å². The molecule has 1 aliphatic rings. The number of aromatic hydroxyl groups is 1. The highest BCUT2D eigenvalue weighted by Crippen LogP contribution is 2.33. The maximum absolute atomic E-state index is 11.5. The summed E-state index contributed by atoms with van der Waals surface area (Å²) in [5.41, 5.74) is -0.684. The molecule has 0 unspecified atom stereocenters. The average molecular weight is 210 g/mol. The van der Waals surface area contributed by atoms with Gasteiger partial charge in [0.05, 0.1) is 5.56 Å². The van der Waals surface area contributed by atoms with Crippen LogP contribution in [0.1, 0.15) is 37.8 Å². The molecule has 1 aromatic rings. The van der Waals surface area contributed by atoms with Crippen LogP contribution < -0.4 is 11.2 Å². The summed E-state index contributed by atoms with van der Waals surface area (Å²) in [5, 5.41) is 9.83. The predicted molar refractivity (Wildman–Crippen MR) is 55.3 cm³/mol. The Hall–Kier alpha value is -1.52. The number of rotatable bonds is 2. The van der Waals surface area contributed by atoms with Crippen LogP contribution in [0.3, 0.4) is 0 Å². The van der Waals surface area contributed by atoms with E-state index in [1.807, 2.05) is 0 Å². The van der Waals surface area contributed by atoms with Crippen molar-refractivity contribution in [3.05, 3.63) is 26.4 Å². The molecule has 0 saturated heterocycles. The first-order valence-electron chi connectivity index (χ1n) is 5.21. The summed E-state index contributed by atoms with van der Waals surface area (Å²) >= 11 is 0. The highest BCUT2D eigenvalue weighted by Gasteiger charge is 2.25. The second-order valence-electron chi connectivity index (χ2n) is 3.87. The van der Waals surface area contributed by atoms with Crippen molar-refractivity contribution in [1.29, 1.82) is 0 Å². The SMILES string of the molecule is CCc1c(O)n(C2CCC2)c(=O)[nH]c1=O. The minimum atomic E-state index is -0.501. The van der Waals surface area contributed by atoms with Gasteiger partial charge in [-0.25, -0.2) is 4.79 Å². The van der Waals surface area contributed by atoms with E-state index in [1.165, 1.54) is 4.57 Å². The minimum Gasteiger partial charge on any atom is -0.494 e. The van der Waals surface area contributed by atoms with Gasteiger partial charge in [0.2, 0.25) is 5.88 Å². The Morgan fingerprint density at radius 3 is 2.60 bits per heavy atom. The molecule has 1 aliphatic carbocycles. The van der Waals surface area contributed by atoms with Gasteiger partial charge >= 0.3 is 5.69 Å². The maximum atomic E-state index is 11.5. The lowest BCUT2D eigenvalue weighted by Crippen LogP contribution is -2.36. The van der Waals surface area contributed by atoms with E-state index in [2.05, 4.69) is 4.98 Å². The monoisotopic (exact) mass is 210 g/mol. The van der Waals surface area contributed by atoms with E-state index in [9.17, 15) is 14.7 Å². The van der Waals surface area contributed by atoms with Crippen molar-refractivity contribution in [2.45, 2.75) is 38.6 Å². The molecule has 1 saturated carbocycles. The van der Waals surface area contributed by atoms with Crippen LogP contribution in [0.2, 0.25) is 0 Å². The molecule has 82 valence electrons. The van der Waals surface area contributed by atoms with Crippen molar-refractivity contribution in [1.82, 2.24) is 9.55 Å². The summed E-state index contributed by atoms with van der Waals surface area (Å²) in [6.07, 6.45) is 3.27. The quantitative estimate of drug-likeness (QED) is 0.747. The van der Waals surface area contributed by atoms with Crippen LogP contribution in [0.25, 0.3) is 0 Å². The molecule has 0 atom stereocenters.